The molecule has 3 aromatic carbocycles. The van der Waals surface area contributed by atoms with Crippen molar-refractivity contribution in [2.75, 3.05) is 0 Å². The summed E-state index contributed by atoms with van der Waals surface area (Å²) in [6.45, 7) is 0. The van der Waals surface area contributed by atoms with Crippen LogP contribution in [-0.4, -0.2) is 21.3 Å². The van der Waals surface area contributed by atoms with Gasteiger partial charge in [0.25, 0.3) is 0 Å². The van der Waals surface area contributed by atoms with Crippen LogP contribution in [0.4, 0.5) is 0 Å². The Hall–Kier alpha value is -3.73. The van der Waals surface area contributed by atoms with E-state index in [2.05, 4.69) is 0 Å². The molecule has 0 fully saturated rings. The van der Waals surface area contributed by atoms with E-state index in [1.165, 1.54) is 0 Å². The zero-order valence-corrected chi connectivity index (χ0v) is 13.7. The Morgan fingerprint density at radius 2 is 1.38 bits per heavy atom. The standard InChI is InChI=1S/C21H16O5/c22-18-12-16(13-19(23)20(18)24)21(25)26-17-8-4-7-15(11-17)10-9-14-5-2-1-3-6-14/h1-13,22-24H/b10-9+. The summed E-state index contributed by atoms with van der Waals surface area (Å²) in [7, 11) is 0. The maximum atomic E-state index is 12.2. The highest BCUT2D eigenvalue weighted by molar-refractivity contribution is 5.92. The first kappa shape index (κ1) is 17.1. The molecule has 0 aromatic heterocycles. The topological polar surface area (TPSA) is 87.0 Å². The van der Waals surface area contributed by atoms with Gasteiger partial charge in [0, 0.05) is 0 Å². The van der Waals surface area contributed by atoms with E-state index < -0.39 is 23.2 Å². The molecule has 130 valence electrons. The highest BCUT2D eigenvalue weighted by Gasteiger charge is 2.15. The number of aromatic hydroxyl groups is 3. The quantitative estimate of drug-likeness (QED) is 0.285. The lowest BCUT2D eigenvalue weighted by molar-refractivity contribution is 0.0733. The Balaban J connectivity index is 1.76. The zero-order chi connectivity index (χ0) is 18.5. The van der Waals surface area contributed by atoms with Crippen LogP contribution in [0.15, 0.2) is 66.7 Å². The van der Waals surface area contributed by atoms with Crippen molar-refractivity contribution in [1.29, 1.82) is 0 Å². The van der Waals surface area contributed by atoms with Crippen LogP contribution < -0.4 is 4.74 Å². The Labute approximate surface area is 150 Å². The normalized spacial score (nSPS) is 10.8. The number of ether oxygens (including phenoxy) is 1. The van der Waals surface area contributed by atoms with Gasteiger partial charge in [-0.15, -0.1) is 0 Å². The van der Waals surface area contributed by atoms with Gasteiger partial charge in [-0.05, 0) is 35.4 Å². The summed E-state index contributed by atoms with van der Waals surface area (Å²) in [6.07, 6.45) is 3.84. The fourth-order valence-electron chi connectivity index (χ4n) is 2.33. The molecule has 0 unspecified atom stereocenters. The average Bonchev–Trinajstić information content (AvgIpc) is 2.65. The zero-order valence-electron chi connectivity index (χ0n) is 13.7. The number of phenols is 3. The second-order valence-electron chi connectivity index (χ2n) is 5.57. The number of hydrogen-bond donors (Lipinski definition) is 3. The van der Waals surface area contributed by atoms with Crippen LogP contribution in [0, 0.1) is 0 Å². The van der Waals surface area contributed by atoms with E-state index in [4.69, 9.17) is 4.74 Å². The van der Waals surface area contributed by atoms with Crippen LogP contribution in [0.2, 0.25) is 0 Å². The van der Waals surface area contributed by atoms with E-state index in [-0.39, 0.29) is 5.56 Å². The lowest BCUT2D eigenvalue weighted by Gasteiger charge is -2.07. The molecular weight excluding hydrogens is 332 g/mol. The van der Waals surface area contributed by atoms with Crippen LogP contribution in [0.3, 0.4) is 0 Å². The molecule has 0 heterocycles. The molecule has 0 bridgehead atoms. The summed E-state index contributed by atoms with van der Waals surface area (Å²) in [5, 5.41) is 28.3. The van der Waals surface area contributed by atoms with Gasteiger partial charge in [0.2, 0.25) is 0 Å². The van der Waals surface area contributed by atoms with E-state index >= 15 is 0 Å². The Morgan fingerprint density at radius 1 is 0.769 bits per heavy atom. The maximum absolute atomic E-state index is 12.2. The summed E-state index contributed by atoms with van der Waals surface area (Å²) in [5.41, 5.74) is 1.81. The molecule has 0 saturated heterocycles. The third kappa shape index (κ3) is 4.02. The largest absolute Gasteiger partial charge is 0.504 e. The Kier molecular flexibility index (Phi) is 4.90. The SMILES string of the molecule is O=C(Oc1cccc(/C=C/c2ccccc2)c1)c1cc(O)c(O)c(O)c1. The average molecular weight is 348 g/mol. The van der Waals surface area contributed by atoms with Crippen LogP contribution in [0.25, 0.3) is 12.2 Å². The molecule has 3 aromatic rings. The molecule has 0 amide bonds. The number of phenolic OH excluding ortho intramolecular Hbond substituents is 3. The monoisotopic (exact) mass is 348 g/mol. The van der Waals surface area contributed by atoms with Crippen molar-refractivity contribution in [3.05, 3.63) is 83.4 Å². The lowest BCUT2D eigenvalue weighted by Crippen LogP contribution is -2.08. The van der Waals surface area contributed by atoms with Crippen LogP contribution >= 0.6 is 0 Å². The van der Waals surface area contributed by atoms with Gasteiger partial charge in [-0.1, -0.05) is 54.6 Å². The number of benzene rings is 3. The van der Waals surface area contributed by atoms with Crippen molar-refractivity contribution in [3.8, 4) is 23.0 Å². The van der Waals surface area contributed by atoms with Crippen LogP contribution in [0.5, 0.6) is 23.0 Å². The fraction of sp³-hybridized carbons (Fsp3) is 0. The van der Waals surface area contributed by atoms with Crippen molar-refractivity contribution in [2.24, 2.45) is 0 Å². The van der Waals surface area contributed by atoms with Crippen molar-refractivity contribution < 1.29 is 24.9 Å². The summed E-state index contributed by atoms with van der Waals surface area (Å²) in [6, 6.07) is 18.8. The minimum atomic E-state index is -0.764. The summed E-state index contributed by atoms with van der Waals surface area (Å²) >= 11 is 0. The first-order chi connectivity index (χ1) is 12.5. The molecule has 0 spiro atoms. The van der Waals surface area contributed by atoms with Crippen molar-refractivity contribution in [1.82, 2.24) is 0 Å². The molecule has 3 rings (SSSR count). The van der Waals surface area contributed by atoms with Gasteiger partial charge < -0.3 is 20.1 Å². The predicted octanol–water partition coefficient (Wildman–Crippen LogP) is 4.19. The number of carbonyl (C=O) groups is 1. The van der Waals surface area contributed by atoms with Gasteiger partial charge in [0.1, 0.15) is 5.75 Å². The van der Waals surface area contributed by atoms with Gasteiger partial charge in [-0.25, -0.2) is 4.79 Å². The van der Waals surface area contributed by atoms with Gasteiger partial charge in [0.05, 0.1) is 5.56 Å². The molecule has 0 saturated carbocycles. The van der Waals surface area contributed by atoms with Crippen LogP contribution in [0.1, 0.15) is 21.5 Å². The third-order valence-electron chi connectivity index (χ3n) is 3.64. The van der Waals surface area contributed by atoms with Gasteiger partial charge in [-0.2, -0.15) is 0 Å². The molecule has 0 aliphatic carbocycles. The van der Waals surface area contributed by atoms with Crippen LogP contribution in [-0.2, 0) is 0 Å². The molecule has 5 heteroatoms. The van der Waals surface area contributed by atoms with Gasteiger partial charge in [-0.3, -0.25) is 0 Å². The summed E-state index contributed by atoms with van der Waals surface area (Å²) in [4.78, 5) is 12.2. The lowest BCUT2D eigenvalue weighted by atomic mass is 10.1. The molecule has 3 N–H and O–H groups in total. The number of hydrogen-bond acceptors (Lipinski definition) is 5. The number of rotatable bonds is 4. The molecule has 0 aliphatic rings. The van der Waals surface area contributed by atoms with E-state index in [1.54, 1.807) is 18.2 Å². The van der Waals surface area contributed by atoms with Crippen molar-refractivity contribution in [2.45, 2.75) is 0 Å². The summed E-state index contributed by atoms with van der Waals surface area (Å²) in [5.74, 6) is -2.33. The molecule has 0 radical (unpaired) electrons. The first-order valence-corrected chi connectivity index (χ1v) is 7.83. The maximum Gasteiger partial charge on any atom is 0.343 e. The van der Waals surface area contributed by atoms with Crippen molar-refractivity contribution >= 4 is 18.1 Å². The molecule has 0 aliphatic heterocycles. The minimum absolute atomic E-state index is 0.0805. The highest BCUT2D eigenvalue weighted by atomic mass is 16.5. The molecular formula is C21H16O5. The Morgan fingerprint density at radius 3 is 2.08 bits per heavy atom. The van der Waals surface area contributed by atoms with E-state index in [1.807, 2.05) is 48.6 Å². The van der Waals surface area contributed by atoms with E-state index in [9.17, 15) is 20.1 Å². The molecule has 0 atom stereocenters. The van der Waals surface area contributed by atoms with Crippen molar-refractivity contribution in [3.63, 3.8) is 0 Å². The molecule has 26 heavy (non-hydrogen) atoms. The Bertz CT molecular complexity index is 938. The second kappa shape index (κ2) is 7.44. The second-order valence-corrected chi connectivity index (χ2v) is 5.57. The summed E-state index contributed by atoms with van der Waals surface area (Å²) < 4.78 is 5.27. The molecule has 5 nitrogen and oxygen atoms in total. The number of esters is 1. The smallest absolute Gasteiger partial charge is 0.343 e. The first-order valence-electron chi connectivity index (χ1n) is 7.83. The fourth-order valence-corrected chi connectivity index (χ4v) is 2.33. The third-order valence-corrected chi connectivity index (χ3v) is 3.64. The predicted molar refractivity (Wildman–Crippen MR) is 98.2 cm³/mol. The van der Waals surface area contributed by atoms with E-state index in [0.717, 1.165) is 23.3 Å². The highest BCUT2D eigenvalue weighted by Crippen LogP contribution is 2.35. The van der Waals surface area contributed by atoms with Gasteiger partial charge >= 0.3 is 5.97 Å². The minimum Gasteiger partial charge on any atom is -0.504 e. The van der Waals surface area contributed by atoms with Gasteiger partial charge in [0.15, 0.2) is 17.2 Å². The van der Waals surface area contributed by atoms with E-state index in [0.29, 0.717) is 5.75 Å². The number of carbonyl (C=O) groups excluding carboxylic acids is 1.